The fourth-order valence-corrected chi connectivity index (χ4v) is 7.57. The van der Waals surface area contributed by atoms with Gasteiger partial charge in [0.1, 0.15) is 21.8 Å². The van der Waals surface area contributed by atoms with Crippen molar-refractivity contribution in [3.63, 3.8) is 0 Å². The summed E-state index contributed by atoms with van der Waals surface area (Å²) < 4.78 is 6.25. The van der Waals surface area contributed by atoms with Gasteiger partial charge in [-0.05, 0) is 11.1 Å². The van der Waals surface area contributed by atoms with E-state index in [4.69, 9.17) is 4.74 Å². The smallest absolute Gasteiger partial charge is 0.322 e. The molecule has 2 aliphatic rings. The minimum Gasteiger partial charge on any atom is -0.452 e. The van der Waals surface area contributed by atoms with E-state index in [9.17, 15) is 24.0 Å². The molecule has 2 N–H and O–H groups in total. The Morgan fingerprint density at radius 1 is 1.07 bits per heavy atom. The van der Waals surface area contributed by atoms with Gasteiger partial charge in [-0.3, -0.25) is 24.0 Å². The number of hydrogen-bond acceptors (Lipinski definition) is 10. The Hall–Kier alpha value is -3.62. The summed E-state index contributed by atoms with van der Waals surface area (Å²) in [6, 6.07) is 17.9. The third-order valence-electron chi connectivity index (χ3n) is 6.84. The number of esters is 1. The van der Waals surface area contributed by atoms with Gasteiger partial charge in [0, 0.05) is 19.2 Å². The van der Waals surface area contributed by atoms with Crippen LogP contribution in [0, 0.1) is 0 Å². The predicted molar refractivity (Wildman–Crippen MR) is 160 cm³/mol. The molecule has 0 saturated carbocycles. The number of amides is 3. The number of thioether (sulfide) groups is 1. The van der Waals surface area contributed by atoms with Crippen molar-refractivity contribution in [1.29, 1.82) is 0 Å². The first-order valence-corrected chi connectivity index (χ1v) is 15.9. The summed E-state index contributed by atoms with van der Waals surface area (Å²) in [6.45, 7) is 1.29. The third-order valence-corrected chi connectivity index (χ3v) is 10.0. The first kappa shape index (κ1) is 29.9. The number of aromatic nitrogens is 2. The number of Topliss-reactive ketones (excluding diaryl/α,β-unsaturated/α-hetero) is 1. The molecule has 5 rings (SSSR count). The van der Waals surface area contributed by atoms with Gasteiger partial charge >= 0.3 is 5.97 Å². The van der Waals surface area contributed by atoms with Crippen LogP contribution in [0.2, 0.25) is 0 Å². The maximum atomic E-state index is 14.3. The van der Waals surface area contributed by atoms with E-state index in [1.165, 1.54) is 23.6 Å². The minimum absolute atomic E-state index is 0.0449. The molecule has 42 heavy (non-hydrogen) atoms. The number of rotatable bonds is 10. The lowest BCUT2D eigenvalue weighted by atomic mass is 9.87. The highest BCUT2D eigenvalue weighted by Crippen LogP contribution is 2.46. The van der Waals surface area contributed by atoms with E-state index < -0.39 is 34.8 Å². The van der Waals surface area contributed by atoms with E-state index in [0.29, 0.717) is 5.01 Å². The van der Waals surface area contributed by atoms with Crippen LogP contribution in [0.5, 0.6) is 0 Å². The molecule has 3 heterocycles. The first-order chi connectivity index (χ1) is 20.2. The Kier molecular flexibility index (Phi) is 9.04. The van der Waals surface area contributed by atoms with E-state index in [1.807, 2.05) is 60.7 Å². The van der Waals surface area contributed by atoms with Crippen LogP contribution >= 0.6 is 39.0 Å². The van der Waals surface area contributed by atoms with Crippen LogP contribution in [0.15, 0.2) is 60.7 Å². The van der Waals surface area contributed by atoms with Gasteiger partial charge in [0.05, 0.1) is 11.8 Å². The molecule has 2 unspecified atom stereocenters. The maximum absolute atomic E-state index is 14.3. The standard InChI is InChI=1S/C28H26BrN5O6S2/c1-16(35)30-27-33-32-25(42-27)28(14-34-23(38)21(24(34)41-15-28)31-20(37)12-19(36)13-29)26(39)40-22(17-8-4-2-5-9-17)18-10-6-3-7-11-18/h2-11,21-22,24H,12-15H2,1H3,(H,31,37)(H,30,33,35)/t21?,24-,28?/m1/s1. The maximum Gasteiger partial charge on any atom is 0.322 e. The van der Waals surface area contributed by atoms with E-state index in [1.54, 1.807) is 0 Å². The molecule has 11 nitrogen and oxygen atoms in total. The number of ether oxygens (including phenoxy) is 1. The van der Waals surface area contributed by atoms with Crippen molar-refractivity contribution >= 4 is 73.6 Å². The highest BCUT2D eigenvalue weighted by molar-refractivity contribution is 9.09. The molecule has 14 heteroatoms. The number of nitrogens with one attached hydrogen (secondary N) is 2. The number of ketones is 1. The average Bonchev–Trinajstić information content (AvgIpc) is 3.47. The van der Waals surface area contributed by atoms with Crippen LogP contribution in [0.3, 0.4) is 0 Å². The molecule has 1 aromatic heterocycles. The number of carbonyl (C=O) groups excluding carboxylic acids is 5. The van der Waals surface area contributed by atoms with Crippen molar-refractivity contribution in [1.82, 2.24) is 20.4 Å². The van der Waals surface area contributed by atoms with Gasteiger partial charge in [-0.2, -0.15) is 0 Å². The number of anilines is 1. The van der Waals surface area contributed by atoms with Crippen LogP contribution in [0.25, 0.3) is 0 Å². The summed E-state index contributed by atoms with van der Waals surface area (Å²) in [4.78, 5) is 64.6. The fraction of sp³-hybridized carbons (Fsp3) is 0.321. The van der Waals surface area contributed by atoms with Crippen molar-refractivity contribution in [3.05, 3.63) is 76.8 Å². The molecule has 0 aliphatic carbocycles. The molecular weight excluding hydrogens is 646 g/mol. The number of alkyl halides is 1. The van der Waals surface area contributed by atoms with Crippen molar-refractivity contribution in [2.24, 2.45) is 0 Å². The molecular formula is C28H26BrN5O6S2. The van der Waals surface area contributed by atoms with E-state index in [-0.39, 0.29) is 46.8 Å². The van der Waals surface area contributed by atoms with Crippen molar-refractivity contribution < 1.29 is 28.7 Å². The normalized spacial score (nSPS) is 21.2. The second kappa shape index (κ2) is 12.7. The third kappa shape index (κ3) is 6.10. The molecule has 3 amide bonds. The van der Waals surface area contributed by atoms with Gasteiger partial charge < -0.3 is 20.3 Å². The van der Waals surface area contributed by atoms with Crippen LogP contribution in [-0.4, -0.2) is 73.6 Å². The Morgan fingerprint density at radius 3 is 2.31 bits per heavy atom. The summed E-state index contributed by atoms with van der Waals surface area (Å²) in [5.41, 5.74) is 0.143. The quantitative estimate of drug-likeness (QED) is 0.144. The highest BCUT2D eigenvalue weighted by atomic mass is 79.9. The molecule has 3 aromatic rings. The zero-order valence-electron chi connectivity index (χ0n) is 22.3. The topological polar surface area (TPSA) is 148 Å². The number of carbonyl (C=O) groups is 5. The predicted octanol–water partition coefficient (Wildman–Crippen LogP) is 2.82. The van der Waals surface area contributed by atoms with Gasteiger partial charge in [-0.25, -0.2) is 0 Å². The lowest BCUT2D eigenvalue weighted by Crippen LogP contribution is -2.74. The molecule has 218 valence electrons. The first-order valence-electron chi connectivity index (χ1n) is 12.9. The lowest BCUT2D eigenvalue weighted by Gasteiger charge is -2.53. The number of benzene rings is 2. The molecule has 3 atom stereocenters. The number of hydrogen-bond donors (Lipinski definition) is 2. The van der Waals surface area contributed by atoms with Crippen LogP contribution < -0.4 is 10.6 Å². The van der Waals surface area contributed by atoms with Crippen LogP contribution in [-0.2, 0) is 34.1 Å². The molecule has 0 radical (unpaired) electrons. The average molecular weight is 673 g/mol. The minimum atomic E-state index is -1.39. The molecule has 2 aliphatic heterocycles. The molecule has 0 bridgehead atoms. The van der Waals surface area contributed by atoms with Gasteiger partial charge in [-0.1, -0.05) is 87.9 Å². The molecule has 2 fully saturated rings. The summed E-state index contributed by atoms with van der Waals surface area (Å²) in [5.74, 6) is -1.97. The second-order valence-electron chi connectivity index (χ2n) is 9.84. The largest absolute Gasteiger partial charge is 0.452 e. The Morgan fingerprint density at radius 2 is 1.71 bits per heavy atom. The van der Waals surface area contributed by atoms with Gasteiger partial charge in [0.2, 0.25) is 22.9 Å². The number of fused-ring (bicyclic) bond motifs is 1. The number of nitrogens with zero attached hydrogens (tertiary/aromatic N) is 3. The molecule has 2 saturated heterocycles. The second-order valence-corrected chi connectivity index (χ2v) is 12.5. The van der Waals surface area contributed by atoms with Crippen molar-refractivity contribution in [3.8, 4) is 0 Å². The summed E-state index contributed by atoms with van der Waals surface area (Å²) in [6.07, 6.45) is -1.06. The van der Waals surface area contributed by atoms with Gasteiger partial charge in [-0.15, -0.1) is 22.0 Å². The van der Waals surface area contributed by atoms with Crippen LogP contribution in [0.4, 0.5) is 5.13 Å². The van der Waals surface area contributed by atoms with Crippen molar-refractivity contribution in [2.75, 3.05) is 22.9 Å². The summed E-state index contributed by atoms with van der Waals surface area (Å²) in [7, 11) is 0. The van der Waals surface area contributed by atoms with E-state index >= 15 is 0 Å². The zero-order valence-corrected chi connectivity index (χ0v) is 25.5. The van der Waals surface area contributed by atoms with Gasteiger partial charge in [0.25, 0.3) is 0 Å². The SMILES string of the molecule is CC(=O)Nc1nnc(C2(C(=O)OC(c3ccccc3)c3ccccc3)CS[C@@H]3C(NC(=O)CC(=O)CBr)C(=O)N3C2)s1. The van der Waals surface area contributed by atoms with E-state index in [0.717, 1.165) is 22.5 Å². The fourth-order valence-electron chi connectivity index (χ4n) is 4.79. The summed E-state index contributed by atoms with van der Waals surface area (Å²) >= 11 is 5.39. The monoisotopic (exact) mass is 671 g/mol. The zero-order chi connectivity index (χ0) is 29.9. The lowest BCUT2D eigenvalue weighted by molar-refractivity contribution is -0.160. The van der Waals surface area contributed by atoms with Crippen LogP contribution in [0.1, 0.15) is 35.6 Å². The Labute approximate surface area is 257 Å². The Balaban J connectivity index is 1.44. The number of halogens is 1. The summed E-state index contributed by atoms with van der Waals surface area (Å²) in [5, 5.41) is 13.7. The molecule has 0 spiro atoms. The Bertz CT molecular complexity index is 1470. The van der Waals surface area contributed by atoms with Gasteiger partial charge in [0.15, 0.2) is 11.9 Å². The highest BCUT2D eigenvalue weighted by Gasteiger charge is 2.60. The van der Waals surface area contributed by atoms with Crippen molar-refractivity contribution in [2.45, 2.75) is 36.3 Å². The number of β-lactam (4-membered cyclic amide) rings is 1. The molecule has 2 aromatic carbocycles. The van der Waals surface area contributed by atoms with E-state index in [2.05, 4.69) is 36.8 Å².